The Labute approximate surface area is 160 Å². The molecule has 1 amide bonds. The number of carbonyl (C=O) groups excluding carboxylic acids is 2. The Hall–Kier alpha value is -2.43. The summed E-state index contributed by atoms with van der Waals surface area (Å²) in [6, 6.07) is 8.52. The van der Waals surface area contributed by atoms with Crippen molar-refractivity contribution < 1.29 is 14.3 Å². The van der Waals surface area contributed by atoms with Gasteiger partial charge in [0.05, 0.1) is 12.5 Å². The average molecular weight is 368 g/mol. The largest absolute Gasteiger partial charge is 0.469 e. The van der Waals surface area contributed by atoms with Crippen molar-refractivity contribution in [2.45, 2.75) is 57.9 Å². The van der Waals surface area contributed by atoms with Gasteiger partial charge >= 0.3 is 5.97 Å². The van der Waals surface area contributed by atoms with Crippen LogP contribution in [-0.4, -0.2) is 30.0 Å². The molecule has 0 unspecified atom stereocenters. The zero-order chi connectivity index (χ0) is 19.5. The molecular weight excluding hydrogens is 340 g/mol. The Morgan fingerprint density at radius 2 is 1.74 bits per heavy atom. The number of ether oxygens (including phenoxy) is 1. The smallest absolute Gasteiger partial charge is 0.311 e. The molecule has 0 radical (unpaired) electrons. The SMILES string of the molecule is COC(=O)C12CCC(NC=O)(CC1)CC2.Cc1ccc2cnc(C)cc2c1. The topological polar surface area (TPSA) is 68.3 Å². The van der Waals surface area contributed by atoms with E-state index in [4.69, 9.17) is 4.74 Å². The third-order valence-electron chi connectivity index (χ3n) is 6.24. The first-order valence-electron chi connectivity index (χ1n) is 9.55. The zero-order valence-corrected chi connectivity index (χ0v) is 16.4. The molecule has 5 rings (SSSR count). The fraction of sp³-hybridized carbons (Fsp3) is 0.500. The van der Waals surface area contributed by atoms with Gasteiger partial charge in [0.25, 0.3) is 0 Å². The third kappa shape index (κ3) is 3.97. The molecule has 144 valence electrons. The molecule has 1 aromatic carbocycles. The summed E-state index contributed by atoms with van der Waals surface area (Å²) in [5, 5.41) is 5.42. The van der Waals surface area contributed by atoms with E-state index in [2.05, 4.69) is 41.5 Å². The van der Waals surface area contributed by atoms with Crippen molar-refractivity contribution in [2.24, 2.45) is 5.41 Å². The van der Waals surface area contributed by atoms with Crippen molar-refractivity contribution in [1.82, 2.24) is 10.3 Å². The second-order valence-corrected chi connectivity index (χ2v) is 7.99. The quantitative estimate of drug-likeness (QED) is 0.660. The van der Waals surface area contributed by atoms with Crippen LogP contribution in [0.2, 0.25) is 0 Å². The van der Waals surface area contributed by atoms with Gasteiger partial charge in [-0.1, -0.05) is 23.8 Å². The van der Waals surface area contributed by atoms with E-state index in [-0.39, 0.29) is 16.9 Å². The molecule has 5 nitrogen and oxygen atoms in total. The van der Waals surface area contributed by atoms with Crippen LogP contribution in [-0.2, 0) is 14.3 Å². The number of nitrogens with zero attached hydrogens (tertiary/aromatic N) is 1. The van der Waals surface area contributed by atoms with Crippen LogP contribution in [0.5, 0.6) is 0 Å². The lowest BCUT2D eigenvalue weighted by molar-refractivity contribution is -0.160. The number of hydrogen-bond acceptors (Lipinski definition) is 4. The molecule has 2 aromatic rings. The standard InChI is InChI=1S/C11H17NO3.C11H11N/c1-15-9(14)10-2-5-11(6-3-10,7-4-10)12-8-13;1-8-3-4-10-7-12-9(2)6-11(10)5-8/h8H,2-7H2,1H3,(H,12,13);3-7H,1-2H3. The molecule has 5 heteroatoms. The second kappa shape index (κ2) is 7.67. The number of methoxy groups -OCH3 is 1. The van der Waals surface area contributed by atoms with Crippen LogP contribution in [0.3, 0.4) is 0 Å². The first-order chi connectivity index (χ1) is 12.9. The van der Waals surface area contributed by atoms with E-state index in [9.17, 15) is 9.59 Å². The van der Waals surface area contributed by atoms with Gasteiger partial charge in [-0.3, -0.25) is 14.6 Å². The zero-order valence-electron chi connectivity index (χ0n) is 16.4. The van der Waals surface area contributed by atoms with Gasteiger partial charge in [-0.05, 0) is 63.8 Å². The number of aryl methyl sites for hydroxylation is 2. The molecule has 1 N–H and O–H groups in total. The first-order valence-corrected chi connectivity index (χ1v) is 9.55. The summed E-state index contributed by atoms with van der Waals surface area (Å²) < 4.78 is 4.87. The molecule has 0 spiro atoms. The summed E-state index contributed by atoms with van der Waals surface area (Å²) in [6.07, 6.45) is 7.96. The number of carbonyl (C=O) groups is 2. The molecule has 0 saturated heterocycles. The van der Waals surface area contributed by atoms with Crippen molar-refractivity contribution in [3.05, 3.63) is 41.7 Å². The Morgan fingerprint density at radius 1 is 1.07 bits per heavy atom. The summed E-state index contributed by atoms with van der Waals surface area (Å²) in [5.74, 6) is -0.0677. The highest BCUT2D eigenvalue weighted by Crippen LogP contribution is 2.52. The fourth-order valence-electron chi connectivity index (χ4n) is 4.42. The lowest BCUT2D eigenvalue weighted by Crippen LogP contribution is -2.56. The molecule has 2 bridgehead atoms. The number of esters is 1. The van der Waals surface area contributed by atoms with Crippen molar-refractivity contribution in [3.63, 3.8) is 0 Å². The minimum Gasteiger partial charge on any atom is -0.469 e. The van der Waals surface area contributed by atoms with E-state index in [1.165, 1.54) is 23.4 Å². The number of hydrogen-bond donors (Lipinski definition) is 1. The van der Waals surface area contributed by atoms with Gasteiger partial charge in [0.2, 0.25) is 6.41 Å². The van der Waals surface area contributed by atoms with Crippen LogP contribution in [0.4, 0.5) is 0 Å². The molecule has 1 heterocycles. The Bertz CT molecular complexity index is 785. The minimum atomic E-state index is -0.249. The molecular formula is C22H28N2O3. The van der Waals surface area contributed by atoms with Gasteiger partial charge in [-0.2, -0.15) is 0 Å². The van der Waals surface area contributed by atoms with Crippen molar-refractivity contribution >= 4 is 23.2 Å². The highest BCUT2D eigenvalue weighted by molar-refractivity contribution is 5.82. The number of amides is 1. The van der Waals surface area contributed by atoms with Crippen LogP contribution in [0.1, 0.15) is 49.8 Å². The second-order valence-electron chi connectivity index (χ2n) is 7.99. The maximum absolute atomic E-state index is 11.7. The summed E-state index contributed by atoms with van der Waals surface area (Å²) in [7, 11) is 1.46. The van der Waals surface area contributed by atoms with Gasteiger partial charge in [-0.15, -0.1) is 0 Å². The van der Waals surface area contributed by atoms with Gasteiger partial charge in [0, 0.05) is 22.8 Å². The molecule has 3 saturated carbocycles. The number of rotatable bonds is 3. The predicted molar refractivity (Wildman–Crippen MR) is 105 cm³/mol. The van der Waals surface area contributed by atoms with Crippen molar-refractivity contribution in [2.75, 3.05) is 7.11 Å². The molecule has 3 fully saturated rings. The van der Waals surface area contributed by atoms with Gasteiger partial charge in [-0.25, -0.2) is 0 Å². The molecule has 1 aromatic heterocycles. The third-order valence-corrected chi connectivity index (χ3v) is 6.24. The summed E-state index contributed by atoms with van der Waals surface area (Å²) in [5.41, 5.74) is 2.10. The van der Waals surface area contributed by atoms with E-state index in [1.807, 2.05) is 13.1 Å². The number of benzene rings is 1. The van der Waals surface area contributed by atoms with Gasteiger partial charge < -0.3 is 10.1 Å². The number of nitrogens with one attached hydrogen (secondary N) is 1. The maximum atomic E-state index is 11.7. The van der Waals surface area contributed by atoms with Crippen LogP contribution in [0.25, 0.3) is 10.8 Å². The van der Waals surface area contributed by atoms with Crippen LogP contribution >= 0.6 is 0 Å². The van der Waals surface area contributed by atoms with Gasteiger partial charge in [0.1, 0.15) is 0 Å². The molecule has 0 aliphatic heterocycles. The molecule has 27 heavy (non-hydrogen) atoms. The Balaban J connectivity index is 0.000000159. The van der Waals surface area contributed by atoms with E-state index >= 15 is 0 Å². The van der Waals surface area contributed by atoms with Crippen LogP contribution < -0.4 is 5.32 Å². The lowest BCUT2D eigenvalue weighted by Gasteiger charge is -2.51. The van der Waals surface area contributed by atoms with E-state index in [0.29, 0.717) is 0 Å². The van der Waals surface area contributed by atoms with Crippen molar-refractivity contribution in [1.29, 1.82) is 0 Å². The average Bonchev–Trinajstić information content (AvgIpc) is 2.69. The minimum absolute atomic E-state index is 0.0302. The summed E-state index contributed by atoms with van der Waals surface area (Å²) in [4.78, 5) is 26.5. The highest BCUT2D eigenvalue weighted by atomic mass is 16.5. The van der Waals surface area contributed by atoms with E-state index in [0.717, 1.165) is 50.6 Å². The molecule has 0 atom stereocenters. The van der Waals surface area contributed by atoms with E-state index < -0.39 is 0 Å². The van der Waals surface area contributed by atoms with Crippen LogP contribution in [0, 0.1) is 19.3 Å². The number of pyridine rings is 1. The fourth-order valence-corrected chi connectivity index (χ4v) is 4.42. The molecule has 3 aliphatic rings. The number of fused-ring (bicyclic) bond motifs is 4. The normalized spacial score (nSPS) is 26.0. The van der Waals surface area contributed by atoms with Gasteiger partial charge in [0.15, 0.2) is 0 Å². The van der Waals surface area contributed by atoms with E-state index in [1.54, 1.807) is 0 Å². The van der Waals surface area contributed by atoms with Crippen LogP contribution in [0.15, 0.2) is 30.5 Å². The highest BCUT2D eigenvalue weighted by Gasteiger charge is 2.52. The first kappa shape index (κ1) is 19.3. The monoisotopic (exact) mass is 368 g/mol. The predicted octanol–water partition coefficient (Wildman–Crippen LogP) is 3.85. The summed E-state index contributed by atoms with van der Waals surface area (Å²) in [6.45, 7) is 4.12. The lowest BCUT2D eigenvalue weighted by atomic mass is 9.57. The molecule has 3 aliphatic carbocycles. The van der Waals surface area contributed by atoms with Crippen molar-refractivity contribution in [3.8, 4) is 0 Å². The number of aromatic nitrogens is 1. The maximum Gasteiger partial charge on any atom is 0.311 e. The Morgan fingerprint density at radius 3 is 2.33 bits per heavy atom. The summed E-state index contributed by atoms with van der Waals surface area (Å²) >= 11 is 0. The Kier molecular flexibility index (Phi) is 5.49.